The molecule has 1 unspecified atom stereocenters. The summed E-state index contributed by atoms with van der Waals surface area (Å²) >= 11 is 0. The molecule has 8 heteroatoms. The minimum absolute atomic E-state index is 0.0134. The third-order valence-corrected chi connectivity index (χ3v) is 6.03. The Balaban J connectivity index is 2.00. The number of benzene rings is 2. The maximum absolute atomic E-state index is 14.1. The highest BCUT2D eigenvalue weighted by molar-refractivity contribution is 7.92. The molecule has 2 aromatic rings. The zero-order valence-electron chi connectivity index (χ0n) is 17.8. The van der Waals surface area contributed by atoms with E-state index >= 15 is 0 Å². The number of hydrogen-bond donors (Lipinski definition) is 1. The van der Waals surface area contributed by atoms with Crippen LogP contribution < -0.4 is 14.4 Å². The van der Waals surface area contributed by atoms with Gasteiger partial charge in [-0.15, -0.1) is 0 Å². The van der Waals surface area contributed by atoms with Gasteiger partial charge in [0.1, 0.15) is 11.6 Å². The topological polar surface area (TPSA) is 75.7 Å². The first-order valence-corrected chi connectivity index (χ1v) is 11.7. The van der Waals surface area contributed by atoms with Crippen molar-refractivity contribution in [3.05, 3.63) is 59.4 Å². The molecule has 0 aromatic heterocycles. The lowest BCUT2D eigenvalue weighted by Crippen LogP contribution is -2.33. The Kier molecular flexibility index (Phi) is 8.23. The summed E-state index contributed by atoms with van der Waals surface area (Å²) in [7, 11) is -2.06. The van der Waals surface area contributed by atoms with Gasteiger partial charge in [-0.3, -0.25) is 9.10 Å². The van der Waals surface area contributed by atoms with Crippen LogP contribution in [0.4, 0.5) is 10.1 Å². The predicted molar refractivity (Wildman–Crippen MR) is 117 cm³/mol. The lowest BCUT2D eigenvalue weighted by Gasteiger charge is -2.23. The molecule has 0 aliphatic carbocycles. The second kappa shape index (κ2) is 10.4. The van der Waals surface area contributed by atoms with Crippen molar-refractivity contribution in [2.75, 3.05) is 24.2 Å². The van der Waals surface area contributed by atoms with Gasteiger partial charge >= 0.3 is 0 Å². The normalized spacial score (nSPS) is 12.3. The summed E-state index contributed by atoms with van der Waals surface area (Å²) in [5, 5.41) is 2.99. The van der Waals surface area contributed by atoms with E-state index in [1.54, 1.807) is 13.2 Å². The molecular weight excluding hydrogens is 407 g/mol. The van der Waals surface area contributed by atoms with Crippen molar-refractivity contribution in [3.8, 4) is 5.75 Å². The molecule has 164 valence electrons. The van der Waals surface area contributed by atoms with Gasteiger partial charge < -0.3 is 10.1 Å². The summed E-state index contributed by atoms with van der Waals surface area (Å²) in [6.45, 7) is 3.94. The van der Waals surface area contributed by atoms with E-state index in [1.165, 1.54) is 18.2 Å². The molecule has 0 aliphatic heterocycles. The van der Waals surface area contributed by atoms with Crippen molar-refractivity contribution < 1.29 is 22.3 Å². The number of methoxy groups -OCH3 is 1. The van der Waals surface area contributed by atoms with Crippen molar-refractivity contribution in [3.63, 3.8) is 0 Å². The minimum Gasteiger partial charge on any atom is -0.496 e. The molecule has 0 saturated heterocycles. The lowest BCUT2D eigenvalue weighted by molar-refractivity contribution is -0.121. The predicted octanol–water partition coefficient (Wildman–Crippen LogP) is 3.96. The Morgan fingerprint density at radius 1 is 1.23 bits per heavy atom. The second-order valence-electron chi connectivity index (χ2n) is 7.15. The van der Waals surface area contributed by atoms with Crippen LogP contribution in [0.3, 0.4) is 0 Å². The first-order chi connectivity index (χ1) is 14.2. The number of carbonyl (C=O) groups excluding carboxylic acids is 1. The van der Waals surface area contributed by atoms with Crippen LogP contribution in [0.15, 0.2) is 42.5 Å². The molecule has 1 amide bonds. The monoisotopic (exact) mass is 436 g/mol. The number of sulfonamides is 1. The average Bonchev–Trinajstić information content (AvgIpc) is 2.69. The molecule has 0 saturated carbocycles. The fourth-order valence-electron chi connectivity index (χ4n) is 3.31. The summed E-state index contributed by atoms with van der Waals surface area (Å²) in [4.78, 5) is 12.5. The number of ether oxygens (including phenoxy) is 1. The van der Waals surface area contributed by atoms with Crippen LogP contribution in [0.2, 0.25) is 0 Å². The summed E-state index contributed by atoms with van der Waals surface area (Å²) in [6.07, 6.45) is 2.14. The highest BCUT2D eigenvalue weighted by Gasteiger charge is 2.21. The molecule has 0 fully saturated rings. The lowest BCUT2D eigenvalue weighted by atomic mass is 10.0. The summed E-state index contributed by atoms with van der Waals surface area (Å²) < 4.78 is 44.5. The van der Waals surface area contributed by atoms with Crippen LogP contribution in [0.5, 0.6) is 5.75 Å². The van der Waals surface area contributed by atoms with Gasteiger partial charge in [-0.05, 0) is 49.1 Å². The van der Waals surface area contributed by atoms with E-state index in [-0.39, 0.29) is 37.0 Å². The van der Waals surface area contributed by atoms with E-state index in [0.717, 1.165) is 27.4 Å². The molecule has 1 N–H and O–H groups in total. The van der Waals surface area contributed by atoms with Gasteiger partial charge in [0.2, 0.25) is 15.9 Å². The maximum atomic E-state index is 14.1. The Morgan fingerprint density at radius 3 is 2.50 bits per heavy atom. The largest absolute Gasteiger partial charge is 0.496 e. The SMILES string of the molecule is CCC(NC(=O)CCCN(c1ccccc1F)S(C)(=O)=O)c1ccc(OC)c(C)c1. The minimum atomic E-state index is -3.67. The maximum Gasteiger partial charge on any atom is 0.232 e. The van der Waals surface area contributed by atoms with Gasteiger partial charge in [-0.2, -0.15) is 0 Å². The number of amides is 1. The summed E-state index contributed by atoms with van der Waals surface area (Å²) in [5.74, 6) is -0.0143. The number of carbonyl (C=O) groups is 1. The van der Waals surface area contributed by atoms with Crippen molar-refractivity contribution in [1.29, 1.82) is 0 Å². The number of nitrogens with one attached hydrogen (secondary N) is 1. The zero-order valence-corrected chi connectivity index (χ0v) is 18.6. The molecule has 0 spiro atoms. The van der Waals surface area contributed by atoms with Crippen LogP contribution in [0.25, 0.3) is 0 Å². The molecule has 6 nitrogen and oxygen atoms in total. The average molecular weight is 437 g/mol. The molecule has 2 aromatic carbocycles. The van der Waals surface area contributed by atoms with Crippen molar-refractivity contribution in [1.82, 2.24) is 5.32 Å². The van der Waals surface area contributed by atoms with Crippen LogP contribution in [0.1, 0.15) is 43.4 Å². The standard InChI is InChI=1S/C22H29FN2O4S/c1-5-19(17-12-13-21(29-3)16(2)15-17)24-22(26)11-8-14-25(30(4,27)28)20-10-7-6-9-18(20)23/h6-7,9-10,12-13,15,19H,5,8,11,14H2,1-4H3,(H,24,26). The number of halogens is 1. The highest BCUT2D eigenvalue weighted by Crippen LogP contribution is 2.25. The van der Waals surface area contributed by atoms with Gasteiger partial charge in [0.25, 0.3) is 0 Å². The second-order valence-corrected chi connectivity index (χ2v) is 9.05. The van der Waals surface area contributed by atoms with Gasteiger partial charge in [0, 0.05) is 13.0 Å². The van der Waals surface area contributed by atoms with Gasteiger partial charge in [0.15, 0.2) is 0 Å². The van der Waals surface area contributed by atoms with E-state index in [9.17, 15) is 17.6 Å². The number of anilines is 1. The third kappa shape index (κ3) is 6.19. The number of hydrogen-bond acceptors (Lipinski definition) is 4. The number of nitrogens with zero attached hydrogens (tertiary/aromatic N) is 1. The molecule has 0 bridgehead atoms. The number of rotatable bonds is 10. The molecular formula is C22H29FN2O4S. The summed E-state index contributed by atoms with van der Waals surface area (Å²) in [5.41, 5.74) is 1.95. The Morgan fingerprint density at radius 2 is 1.93 bits per heavy atom. The van der Waals surface area contributed by atoms with Gasteiger partial charge in [-0.25, -0.2) is 12.8 Å². The number of para-hydroxylation sites is 1. The number of aryl methyl sites for hydroxylation is 1. The molecule has 0 aliphatic rings. The molecule has 2 rings (SSSR count). The molecule has 30 heavy (non-hydrogen) atoms. The van der Waals surface area contributed by atoms with Crippen molar-refractivity contribution in [2.45, 2.75) is 39.2 Å². The van der Waals surface area contributed by atoms with E-state index in [1.807, 2.05) is 32.0 Å². The van der Waals surface area contributed by atoms with E-state index in [4.69, 9.17) is 4.74 Å². The van der Waals surface area contributed by atoms with E-state index < -0.39 is 15.8 Å². The van der Waals surface area contributed by atoms with Crippen LogP contribution in [-0.4, -0.2) is 34.2 Å². The Labute approximate surface area is 178 Å². The van der Waals surface area contributed by atoms with E-state index in [0.29, 0.717) is 6.42 Å². The first kappa shape index (κ1) is 23.7. The third-order valence-electron chi connectivity index (χ3n) is 4.85. The van der Waals surface area contributed by atoms with Crippen molar-refractivity contribution in [2.24, 2.45) is 0 Å². The van der Waals surface area contributed by atoms with Crippen LogP contribution in [0, 0.1) is 12.7 Å². The van der Waals surface area contributed by atoms with E-state index in [2.05, 4.69) is 5.32 Å². The first-order valence-electron chi connectivity index (χ1n) is 9.83. The molecule has 0 heterocycles. The fraction of sp³-hybridized carbons (Fsp3) is 0.409. The van der Waals surface area contributed by atoms with Gasteiger partial charge in [-0.1, -0.05) is 31.2 Å². The fourth-order valence-corrected chi connectivity index (χ4v) is 4.27. The van der Waals surface area contributed by atoms with Crippen molar-refractivity contribution >= 4 is 21.6 Å². The zero-order chi connectivity index (χ0) is 22.3. The van der Waals surface area contributed by atoms with Crippen LogP contribution in [-0.2, 0) is 14.8 Å². The molecule has 0 radical (unpaired) electrons. The molecule has 1 atom stereocenters. The highest BCUT2D eigenvalue weighted by atomic mass is 32.2. The quantitative estimate of drug-likeness (QED) is 0.612. The van der Waals surface area contributed by atoms with Crippen LogP contribution >= 0.6 is 0 Å². The summed E-state index contributed by atoms with van der Waals surface area (Å²) in [6, 6.07) is 11.3. The Bertz CT molecular complexity index is 979. The smallest absolute Gasteiger partial charge is 0.232 e. The van der Waals surface area contributed by atoms with Gasteiger partial charge in [0.05, 0.1) is 25.1 Å². The Hall–Kier alpha value is -2.61.